The summed E-state index contributed by atoms with van der Waals surface area (Å²) in [7, 11) is 0. The molecule has 20 heavy (non-hydrogen) atoms. The molecular formula is C14H19FN4O. The number of nitrogens with zero attached hydrogens (tertiary/aromatic N) is 2. The maximum Gasteiger partial charge on any atom is 0.224 e. The van der Waals surface area contributed by atoms with Crippen LogP contribution in [0.4, 0.5) is 16.2 Å². The smallest absolute Gasteiger partial charge is 0.224 e. The summed E-state index contributed by atoms with van der Waals surface area (Å²) in [6.07, 6.45) is 2.11. The highest BCUT2D eigenvalue weighted by atomic mass is 19.1. The predicted molar refractivity (Wildman–Crippen MR) is 76.3 cm³/mol. The van der Waals surface area contributed by atoms with Gasteiger partial charge in [-0.05, 0) is 32.4 Å². The van der Waals surface area contributed by atoms with Crippen LogP contribution in [0, 0.1) is 12.7 Å². The molecule has 0 aliphatic heterocycles. The van der Waals surface area contributed by atoms with Gasteiger partial charge in [-0.2, -0.15) is 4.98 Å². The van der Waals surface area contributed by atoms with Crippen molar-refractivity contribution in [1.29, 1.82) is 0 Å². The second-order valence-electron chi connectivity index (χ2n) is 4.63. The first-order valence-corrected chi connectivity index (χ1v) is 6.69. The van der Waals surface area contributed by atoms with Gasteiger partial charge in [0.05, 0.1) is 12.2 Å². The highest BCUT2D eigenvalue weighted by Gasteiger charge is 2.13. The van der Waals surface area contributed by atoms with E-state index in [2.05, 4.69) is 20.6 Å². The lowest BCUT2D eigenvalue weighted by molar-refractivity contribution is 0.465. The van der Waals surface area contributed by atoms with E-state index < -0.39 is 5.82 Å². The standard InChI is InChI=1S/C14H19FN4O/c1-4-7-16-14-17-8-11(15)13(19-14)18-10(3)12-6-5-9(2)20-12/h5-6,8,10H,4,7H2,1-3H3,(H2,16,17,18,19). The van der Waals surface area contributed by atoms with Gasteiger partial charge >= 0.3 is 0 Å². The van der Waals surface area contributed by atoms with E-state index >= 15 is 0 Å². The molecule has 2 heterocycles. The average Bonchev–Trinajstić information content (AvgIpc) is 2.86. The van der Waals surface area contributed by atoms with Crippen molar-refractivity contribution in [3.05, 3.63) is 35.7 Å². The minimum absolute atomic E-state index is 0.167. The number of hydrogen-bond donors (Lipinski definition) is 2. The summed E-state index contributed by atoms with van der Waals surface area (Å²) in [5.41, 5.74) is 0. The van der Waals surface area contributed by atoms with Crippen molar-refractivity contribution in [3.8, 4) is 0 Å². The summed E-state index contributed by atoms with van der Waals surface area (Å²) in [5, 5.41) is 6.02. The van der Waals surface area contributed by atoms with E-state index in [0.29, 0.717) is 5.95 Å². The van der Waals surface area contributed by atoms with Gasteiger partial charge < -0.3 is 15.1 Å². The molecule has 0 saturated carbocycles. The van der Waals surface area contributed by atoms with Gasteiger partial charge in [0.2, 0.25) is 5.95 Å². The van der Waals surface area contributed by atoms with Crippen molar-refractivity contribution in [3.63, 3.8) is 0 Å². The second kappa shape index (κ2) is 6.36. The Morgan fingerprint density at radius 1 is 1.40 bits per heavy atom. The third-order valence-electron chi connectivity index (χ3n) is 2.82. The zero-order valence-corrected chi connectivity index (χ0v) is 11.9. The number of aromatic nitrogens is 2. The van der Waals surface area contributed by atoms with Crippen molar-refractivity contribution < 1.29 is 8.81 Å². The molecule has 2 aromatic heterocycles. The molecule has 0 radical (unpaired) electrons. The summed E-state index contributed by atoms with van der Waals surface area (Å²) in [5.74, 6) is 1.66. The summed E-state index contributed by atoms with van der Waals surface area (Å²) < 4.78 is 19.2. The highest BCUT2D eigenvalue weighted by Crippen LogP contribution is 2.22. The second-order valence-corrected chi connectivity index (χ2v) is 4.63. The zero-order valence-electron chi connectivity index (χ0n) is 11.9. The monoisotopic (exact) mass is 278 g/mol. The molecule has 5 nitrogen and oxygen atoms in total. The quantitative estimate of drug-likeness (QED) is 0.846. The van der Waals surface area contributed by atoms with E-state index in [1.54, 1.807) is 0 Å². The molecule has 0 aliphatic carbocycles. The van der Waals surface area contributed by atoms with Gasteiger partial charge in [-0.25, -0.2) is 9.37 Å². The summed E-state index contributed by atoms with van der Waals surface area (Å²) in [4.78, 5) is 8.03. The van der Waals surface area contributed by atoms with Crippen LogP contribution in [0.2, 0.25) is 0 Å². The van der Waals surface area contributed by atoms with Gasteiger partial charge in [0, 0.05) is 6.54 Å². The summed E-state index contributed by atoms with van der Waals surface area (Å²) in [6.45, 7) is 6.54. The molecule has 1 unspecified atom stereocenters. The Kier molecular flexibility index (Phi) is 4.55. The minimum Gasteiger partial charge on any atom is -0.464 e. The van der Waals surface area contributed by atoms with Gasteiger partial charge in [0.15, 0.2) is 11.6 Å². The summed E-state index contributed by atoms with van der Waals surface area (Å²) >= 11 is 0. The van der Waals surface area contributed by atoms with E-state index in [0.717, 1.165) is 30.7 Å². The van der Waals surface area contributed by atoms with Crippen LogP contribution in [-0.2, 0) is 0 Å². The molecule has 0 saturated heterocycles. The van der Waals surface area contributed by atoms with Gasteiger partial charge in [0.1, 0.15) is 11.5 Å². The Balaban J connectivity index is 2.11. The van der Waals surface area contributed by atoms with Crippen LogP contribution in [0.3, 0.4) is 0 Å². The molecule has 0 fully saturated rings. The fourth-order valence-corrected chi connectivity index (χ4v) is 1.75. The van der Waals surface area contributed by atoms with Crippen LogP contribution in [0.1, 0.15) is 37.8 Å². The van der Waals surface area contributed by atoms with Gasteiger partial charge in [0.25, 0.3) is 0 Å². The highest BCUT2D eigenvalue weighted by molar-refractivity contribution is 5.42. The Morgan fingerprint density at radius 3 is 2.85 bits per heavy atom. The van der Waals surface area contributed by atoms with Gasteiger partial charge in [-0.1, -0.05) is 6.92 Å². The SMILES string of the molecule is CCCNc1ncc(F)c(NC(C)c2ccc(C)o2)n1. The lowest BCUT2D eigenvalue weighted by Gasteiger charge is -2.13. The average molecular weight is 278 g/mol. The molecular weight excluding hydrogens is 259 g/mol. The van der Waals surface area contributed by atoms with Crippen molar-refractivity contribution in [2.75, 3.05) is 17.2 Å². The molecule has 0 amide bonds. The maximum atomic E-state index is 13.7. The molecule has 1 atom stereocenters. The van der Waals surface area contributed by atoms with E-state index in [1.165, 1.54) is 0 Å². The number of rotatable bonds is 6. The van der Waals surface area contributed by atoms with Crippen molar-refractivity contribution >= 4 is 11.8 Å². The lowest BCUT2D eigenvalue weighted by Crippen LogP contribution is -2.12. The number of halogens is 1. The Hall–Kier alpha value is -2.11. The minimum atomic E-state index is -0.484. The van der Waals surface area contributed by atoms with E-state index in [4.69, 9.17) is 4.42 Å². The van der Waals surface area contributed by atoms with Crippen molar-refractivity contribution in [2.45, 2.75) is 33.2 Å². The van der Waals surface area contributed by atoms with Crippen molar-refractivity contribution in [1.82, 2.24) is 9.97 Å². The first-order chi connectivity index (χ1) is 9.60. The van der Waals surface area contributed by atoms with Gasteiger partial charge in [-0.15, -0.1) is 0 Å². The molecule has 2 N–H and O–H groups in total. The number of aryl methyl sites for hydroxylation is 1. The molecule has 6 heteroatoms. The van der Waals surface area contributed by atoms with Crippen LogP contribution in [0.25, 0.3) is 0 Å². The van der Waals surface area contributed by atoms with E-state index in [9.17, 15) is 4.39 Å². The number of anilines is 2. The first-order valence-electron chi connectivity index (χ1n) is 6.69. The number of hydrogen-bond acceptors (Lipinski definition) is 5. The third kappa shape index (κ3) is 3.46. The fourth-order valence-electron chi connectivity index (χ4n) is 1.75. The summed E-state index contributed by atoms with van der Waals surface area (Å²) in [6, 6.07) is 3.56. The third-order valence-corrected chi connectivity index (χ3v) is 2.82. The zero-order chi connectivity index (χ0) is 14.5. The molecule has 2 rings (SSSR count). The fraction of sp³-hybridized carbons (Fsp3) is 0.429. The molecule has 0 spiro atoms. The normalized spacial score (nSPS) is 12.2. The maximum absolute atomic E-state index is 13.7. The number of nitrogens with one attached hydrogen (secondary N) is 2. The molecule has 108 valence electrons. The van der Waals surface area contributed by atoms with Crippen LogP contribution in [-0.4, -0.2) is 16.5 Å². The largest absolute Gasteiger partial charge is 0.464 e. The predicted octanol–water partition coefficient (Wildman–Crippen LogP) is 3.51. The topological polar surface area (TPSA) is 63.0 Å². The number of furan rings is 1. The lowest BCUT2D eigenvalue weighted by atomic mass is 10.2. The van der Waals surface area contributed by atoms with E-state index in [-0.39, 0.29) is 11.9 Å². The molecule has 0 aromatic carbocycles. The van der Waals surface area contributed by atoms with Crippen molar-refractivity contribution in [2.24, 2.45) is 0 Å². The van der Waals surface area contributed by atoms with Crippen LogP contribution >= 0.6 is 0 Å². The Morgan fingerprint density at radius 2 is 2.20 bits per heavy atom. The Labute approximate surface area is 117 Å². The van der Waals surface area contributed by atoms with Crippen LogP contribution < -0.4 is 10.6 Å². The molecule has 2 aromatic rings. The van der Waals surface area contributed by atoms with E-state index in [1.807, 2.05) is 32.9 Å². The first kappa shape index (κ1) is 14.3. The van der Waals surface area contributed by atoms with Crippen LogP contribution in [0.15, 0.2) is 22.7 Å². The van der Waals surface area contributed by atoms with Gasteiger partial charge in [-0.3, -0.25) is 0 Å². The van der Waals surface area contributed by atoms with Crippen LogP contribution in [0.5, 0.6) is 0 Å². The molecule has 0 aliphatic rings. The molecule has 0 bridgehead atoms. The Bertz CT molecular complexity index is 570.